The number of aromatic nitrogens is 4. The van der Waals surface area contributed by atoms with Gasteiger partial charge in [-0.15, -0.1) is 0 Å². The van der Waals surface area contributed by atoms with Gasteiger partial charge in [0.25, 0.3) is 0 Å². The van der Waals surface area contributed by atoms with Gasteiger partial charge in [-0.25, -0.2) is 9.97 Å². The molecule has 19 heavy (non-hydrogen) atoms. The van der Waals surface area contributed by atoms with Crippen molar-refractivity contribution in [2.24, 2.45) is 5.92 Å². The maximum absolute atomic E-state index is 5.97. The normalized spacial score (nSPS) is 11.2. The molecule has 0 aliphatic rings. The molecule has 0 saturated carbocycles. The van der Waals surface area contributed by atoms with Gasteiger partial charge in [-0.1, -0.05) is 13.8 Å². The molecule has 0 fully saturated rings. The van der Waals surface area contributed by atoms with E-state index in [1.54, 1.807) is 6.20 Å². The van der Waals surface area contributed by atoms with Crippen LogP contribution >= 0.6 is 15.9 Å². The molecule has 0 bridgehead atoms. The van der Waals surface area contributed by atoms with E-state index in [4.69, 9.17) is 5.73 Å². The van der Waals surface area contributed by atoms with E-state index in [9.17, 15) is 0 Å². The van der Waals surface area contributed by atoms with Gasteiger partial charge in [0.2, 0.25) is 0 Å². The van der Waals surface area contributed by atoms with E-state index in [0.717, 1.165) is 28.8 Å². The van der Waals surface area contributed by atoms with Crippen LogP contribution in [0.5, 0.6) is 0 Å². The third-order valence-electron chi connectivity index (χ3n) is 2.79. The molecule has 102 valence electrons. The van der Waals surface area contributed by atoms with Gasteiger partial charge in [0.15, 0.2) is 5.82 Å². The van der Waals surface area contributed by atoms with Crippen LogP contribution in [0.3, 0.4) is 0 Å². The number of halogens is 1. The second kappa shape index (κ2) is 5.69. The van der Waals surface area contributed by atoms with Gasteiger partial charge in [-0.05, 0) is 41.3 Å². The minimum Gasteiger partial charge on any atom is -0.383 e. The molecule has 2 rings (SSSR count). The summed E-state index contributed by atoms with van der Waals surface area (Å²) in [5, 5.41) is 4.24. The van der Waals surface area contributed by atoms with Crippen molar-refractivity contribution in [2.75, 3.05) is 5.73 Å². The predicted octanol–water partition coefficient (Wildman–Crippen LogP) is 2.90. The summed E-state index contributed by atoms with van der Waals surface area (Å²) in [4.78, 5) is 8.98. The molecule has 0 spiro atoms. The van der Waals surface area contributed by atoms with E-state index in [-0.39, 0.29) is 0 Å². The fourth-order valence-corrected chi connectivity index (χ4v) is 2.26. The third-order valence-corrected chi connectivity index (χ3v) is 3.66. The standard InChI is InChI=1S/C13H18BrN5/c1-4-19-10(5-6-16-19)13-17-9(7-8(2)3)11(14)12(15)18-13/h5-6,8H,4,7H2,1-3H3,(H2,15,17,18). The van der Waals surface area contributed by atoms with Crippen molar-refractivity contribution in [3.05, 3.63) is 22.4 Å². The highest BCUT2D eigenvalue weighted by Gasteiger charge is 2.15. The first kappa shape index (κ1) is 14.0. The summed E-state index contributed by atoms with van der Waals surface area (Å²) >= 11 is 3.47. The van der Waals surface area contributed by atoms with Gasteiger partial charge in [0.1, 0.15) is 11.5 Å². The Balaban J connectivity index is 2.50. The average Bonchev–Trinajstić information content (AvgIpc) is 2.82. The molecule has 0 atom stereocenters. The van der Waals surface area contributed by atoms with E-state index in [1.807, 2.05) is 17.7 Å². The number of aryl methyl sites for hydroxylation is 1. The van der Waals surface area contributed by atoms with E-state index < -0.39 is 0 Å². The van der Waals surface area contributed by atoms with Gasteiger partial charge >= 0.3 is 0 Å². The van der Waals surface area contributed by atoms with Crippen LogP contribution in [-0.4, -0.2) is 19.7 Å². The van der Waals surface area contributed by atoms with Crippen LogP contribution < -0.4 is 5.73 Å². The van der Waals surface area contributed by atoms with Crippen molar-refractivity contribution in [3.8, 4) is 11.5 Å². The second-order valence-corrected chi connectivity index (χ2v) is 5.62. The van der Waals surface area contributed by atoms with Crippen molar-refractivity contribution in [3.63, 3.8) is 0 Å². The van der Waals surface area contributed by atoms with E-state index in [0.29, 0.717) is 17.6 Å². The maximum atomic E-state index is 5.97. The Bertz CT molecular complexity index is 576. The smallest absolute Gasteiger partial charge is 0.180 e. The molecule has 0 aliphatic heterocycles. The summed E-state index contributed by atoms with van der Waals surface area (Å²) in [6.45, 7) is 7.12. The summed E-state index contributed by atoms with van der Waals surface area (Å²) in [5.41, 5.74) is 7.81. The monoisotopic (exact) mass is 323 g/mol. The van der Waals surface area contributed by atoms with E-state index in [1.165, 1.54) is 0 Å². The van der Waals surface area contributed by atoms with Crippen molar-refractivity contribution in [1.82, 2.24) is 19.7 Å². The lowest BCUT2D eigenvalue weighted by Gasteiger charge is -2.11. The van der Waals surface area contributed by atoms with Crippen LogP contribution in [0.4, 0.5) is 5.82 Å². The van der Waals surface area contributed by atoms with Gasteiger partial charge in [-0.3, -0.25) is 4.68 Å². The lowest BCUT2D eigenvalue weighted by atomic mass is 10.1. The Hall–Kier alpha value is -1.43. The Morgan fingerprint density at radius 1 is 1.37 bits per heavy atom. The van der Waals surface area contributed by atoms with Gasteiger partial charge in [-0.2, -0.15) is 5.10 Å². The molecule has 0 radical (unpaired) electrons. The molecule has 2 aromatic rings. The second-order valence-electron chi connectivity index (χ2n) is 4.82. The van der Waals surface area contributed by atoms with E-state index in [2.05, 4.69) is 44.8 Å². The average molecular weight is 324 g/mol. The van der Waals surface area contributed by atoms with Crippen LogP contribution in [0.25, 0.3) is 11.5 Å². The molecule has 2 N–H and O–H groups in total. The first-order chi connectivity index (χ1) is 9.02. The van der Waals surface area contributed by atoms with Gasteiger partial charge < -0.3 is 5.73 Å². The number of rotatable bonds is 4. The fraction of sp³-hybridized carbons (Fsp3) is 0.462. The largest absolute Gasteiger partial charge is 0.383 e. The van der Waals surface area contributed by atoms with Gasteiger partial charge in [0.05, 0.1) is 10.2 Å². The van der Waals surface area contributed by atoms with Crippen LogP contribution in [-0.2, 0) is 13.0 Å². The summed E-state index contributed by atoms with van der Waals surface area (Å²) in [7, 11) is 0. The van der Waals surface area contributed by atoms with Crippen LogP contribution in [0.2, 0.25) is 0 Å². The molecule has 6 heteroatoms. The Morgan fingerprint density at radius 2 is 2.11 bits per heavy atom. The summed E-state index contributed by atoms with van der Waals surface area (Å²) in [6.07, 6.45) is 2.61. The number of nitrogens with two attached hydrogens (primary N) is 1. The quantitative estimate of drug-likeness (QED) is 0.939. The first-order valence-corrected chi connectivity index (χ1v) is 7.16. The Morgan fingerprint density at radius 3 is 2.74 bits per heavy atom. The highest BCUT2D eigenvalue weighted by atomic mass is 79.9. The lowest BCUT2D eigenvalue weighted by molar-refractivity contribution is 0.630. The minimum atomic E-state index is 0.476. The number of anilines is 1. The van der Waals surface area contributed by atoms with Crippen molar-refractivity contribution in [2.45, 2.75) is 33.7 Å². The molecule has 5 nitrogen and oxygen atoms in total. The Labute approximate surface area is 121 Å². The van der Waals surface area contributed by atoms with Crippen LogP contribution in [0.15, 0.2) is 16.7 Å². The van der Waals surface area contributed by atoms with Crippen molar-refractivity contribution < 1.29 is 0 Å². The van der Waals surface area contributed by atoms with Crippen LogP contribution in [0, 0.1) is 5.92 Å². The molecule has 0 aromatic carbocycles. The molecule has 0 amide bonds. The zero-order valence-corrected chi connectivity index (χ0v) is 13.0. The zero-order chi connectivity index (χ0) is 14.0. The van der Waals surface area contributed by atoms with Crippen molar-refractivity contribution >= 4 is 21.7 Å². The molecule has 0 aliphatic carbocycles. The summed E-state index contributed by atoms with van der Waals surface area (Å²) in [5.74, 6) is 1.62. The summed E-state index contributed by atoms with van der Waals surface area (Å²) < 4.78 is 2.66. The minimum absolute atomic E-state index is 0.476. The summed E-state index contributed by atoms with van der Waals surface area (Å²) in [6, 6.07) is 1.91. The molecular formula is C13H18BrN5. The zero-order valence-electron chi connectivity index (χ0n) is 11.4. The SMILES string of the molecule is CCn1nccc1-c1nc(N)c(Br)c(CC(C)C)n1. The topological polar surface area (TPSA) is 69.6 Å². The van der Waals surface area contributed by atoms with E-state index >= 15 is 0 Å². The number of nitrogens with zero attached hydrogens (tertiary/aromatic N) is 4. The third kappa shape index (κ3) is 2.94. The molecule has 0 unspecified atom stereocenters. The first-order valence-electron chi connectivity index (χ1n) is 6.37. The molecule has 2 aromatic heterocycles. The maximum Gasteiger partial charge on any atom is 0.180 e. The molecule has 2 heterocycles. The number of nitrogen functional groups attached to an aromatic ring is 1. The number of hydrogen-bond donors (Lipinski definition) is 1. The molecular weight excluding hydrogens is 306 g/mol. The predicted molar refractivity (Wildman–Crippen MR) is 79.6 cm³/mol. The highest BCUT2D eigenvalue weighted by molar-refractivity contribution is 9.10. The molecule has 0 saturated heterocycles. The van der Waals surface area contributed by atoms with Gasteiger partial charge in [0, 0.05) is 12.7 Å². The Kier molecular flexibility index (Phi) is 4.19. The fourth-order valence-electron chi connectivity index (χ4n) is 1.92. The number of hydrogen-bond acceptors (Lipinski definition) is 4. The van der Waals surface area contributed by atoms with Crippen molar-refractivity contribution in [1.29, 1.82) is 0 Å². The van der Waals surface area contributed by atoms with Crippen LogP contribution in [0.1, 0.15) is 26.5 Å². The highest BCUT2D eigenvalue weighted by Crippen LogP contribution is 2.26. The lowest BCUT2D eigenvalue weighted by Crippen LogP contribution is -2.08.